The molecule has 1 heterocycles. The van der Waals surface area contributed by atoms with Gasteiger partial charge in [-0.15, -0.1) is 0 Å². The predicted molar refractivity (Wildman–Crippen MR) is 112 cm³/mol. The lowest BCUT2D eigenvalue weighted by Crippen LogP contribution is -2.24. The van der Waals surface area contributed by atoms with Gasteiger partial charge in [0.15, 0.2) is 0 Å². The fraction of sp³-hybridized carbons (Fsp3) is 0.292. The quantitative estimate of drug-likeness (QED) is 0.448. The van der Waals surface area contributed by atoms with Crippen molar-refractivity contribution >= 4 is 17.6 Å². The molecule has 1 atom stereocenters. The van der Waals surface area contributed by atoms with Gasteiger partial charge in [0.25, 0.3) is 5.91 Å². The summed E-state index contributed by atoms with van der Waals surface area (Å²) in [5.41, 5.74) is 8.26. The van der Waals surface area contributed by atoms with Gasteiger partial charge in [0.1, 0.15) is 0 Å². The van der Waals surface area contributed by atoms with E-state index in [1.807, 2.05) is 12.1 Å². The number of nitrogens with one attached hydrogen (secondary N) is 1. The maximum absolute atomic E-state index is 11.1. The molecule has 4 heteroatoms. The fourth-order valence-electron chi connectivity index (χ4n) is 4.37. The molecule has 1 aliphatic carbocycles. The zero-order chi connectivity index (χ0) is 19.3. The van der Waals surface area contributed by atoms with Gasteiger partial charge in [-0.25, -0.2) is 5.48 Å². The zero-order valence-corrected chi connectivity index (χ0v) is 16.0. The second-order valence-corrected chi connectivity index (χ2v) is 7.51. The molecule has 0 spiro atoms. The van der Waals surface area contributed by atoms with Crippen molar-refractivity contribution < 1.29 is 10.0 Å². The predicted octanol–water partition coefficient (Wildman–Crippen LogP) is 4.37. The molecule has 1 fully saturated rings. The van der Waals surface area contributed by atoms with Crippen LogP contribution in [0.5, 0.6) is 0 Å². The van der Waals surface area contributed by atoms with Crippen molar-refractivity contribution in [1.29, 1.82) is 0 Å². The Morgan fingerprint density at radius 2 is 2.00 bits per heavy atom. The van der Waals surface area contributed by atoms with Crippen molar-refractivity contribution in [3.05, 3.63) is 82.9 Å². The maximum atomic E-state index is 11.1. The van der Waals surface area contributed by atoms with Gasteiger partial charge in [-0.2, -0.15) is 0 Å². The normalized spacial score (nSPS) is 19.0. The first-order valence-electron chi connectivity index (χ1n) is 9.98. The van der Waals surface area contributed by atoms with E-state index in [1.54, 1.807) is 11.6 Å². The number of amides is 1. The number of benzene rings is 2. The maximum Gasteiger partial charge on any atom is 0.267 e. The fourth-order valence-corrected chi connectivity index (χ4v) is 4.37. The van der Waals surface area contributed by atoms with Gasteiger partial charge in [-0.3, -0.25) is 14.9 Å². The first-order chi connectivity index (χ1) is 13.7. The number of carbonyl (C=O) groups is 1. The van der Waals surface area contributed by atoms with Crippen LogP contribution in [-0.2, 0) is 11.2 Å². The molecule has 0 bridgehead atoms. The molecule has 4 nitrogen and oxygen atoms in total. The molecule has 4 rings (SSSR count). The van der Waals surface area contributed by atoms with Crippen LogP contribution in [0.3, 0.4) is 0 Å². The van der Waals surface area contributed by atoms with Crippen LogP contribution in [0.15, 0.2) is 60.7 Å². The molecule has 0 radical (unpaired) electrons. The van der Waals surface area contributed by atoms with Crippen LogP contribution in [0.2, 0.25) is 0 Å². The van der Waals surface area contributed by atoms with Crippen molar-refractivity contribution in [1.82, 2.24) is 10.4 Å². The Kier molecular flexibility index (Phi) is 5.70. The Morgan fingerprint density at radius 3 is 2.82 bits per heavy atom. The third-order valence-electron chi connectivity index (χ3n) is 5.82. The molecule has 28 heavy (non-hydrogen) atoms. The van der Waals surface area contributed by atoms with E-state index in [1.165, 1.54) is 41.2 Å². The van der Waals surface area contributed by atoms with Crippen LogP contribution < -0.4 is 5.48 Å². The monoisotopic (exact) mass is 374 g/mol. The van der Waals surface area contributed by atoms with Crippen molar-refractivity contribution in [2.75, 3.05) is 13.1 Å². The first kappa shape index (κ1) is 18.7. The molecule has 1 aliphatic heterocycles. The summed E-state index contributed by atoms with van der Waals surface area (Å²) >= 11 is 0. The summed E-state index contributed by atoms with van der Waals surface area (Å²) in [6.45, 7) is 2.24. The molecule has 1 saturated heterocycles. The SMILES string of the molecule is O=C(/C=C/c1ccc(C2CCCN2CCC2=CCc3ccccc32)cc1)NO. The molecular weight excluding hydrogens is 348 g/mol. The lowest BCUT2D eigenvalue weighted by Gasteiger charge is -2.25. The number of rotatable bonds is 6. The Balaban J connectivity index is 1.39. The number of allylic oxidation sites excluding steroid dienone is 1. The van der Waals surface area contributed by atoms with Crippen LogP contribution in [-0.4, -0.2) is 29.1 Å². The summed E-state index contributed by atoms with van der Waals surface area (Å²) in [5, 5.41) is 8.55. The largest absolute Gasteiger partial charge is 0.296 e. The highest BCUT2D eigenvalue weighted by molar-refractivity contribution is 5.90. The van der Waals surface area contributed by atoms with Crippen molar-refractivity contribution in [2.45, 2.75) is 31.7 Å². The van der Waals surface area contributed by atoms with E-state index in [9.17, 15) is 4.79 Å². The molecule has 2 aromatic carbocycles. The molecule has 2 aliphatic rings. The number of likely N-dealkylation sites (tertiary alicyclic amines) is 1. The highest BCUT2D eigenvalue weighted by Gasteiger charge is 2.26. The van der Waals surface area contributed by atoms with Gasteiger partial charge >= 0.3 is 0 Å². The van der Waals surface area contributed by atoms with E-state index >= 15 is 0 Å². The van der Waals surface area contributed by atoms with Crippen LogP contribution in [0.1, 0.15) is 47.6 Å². The van der Waals surface area contributed by atoms with E-state index in [2.05, 4.69) is 47.4 Å². The minimum atomic E-state index is -0.520. The minimum Gasteiger partial charge on any atom is -0.296 e. The van der Waals surface area contributed by atoms with E-state index in [0.29, 0.717) is 6.04 Å². The molecule has 0 saturated carbocycles. The summed E-state index contributed by atoms with van der Waals surface area (Å²) in [6.07, 6.45) is 10.0. The van der Waals surface area contributed by atoms with Crippen molar-refractivity contribution in [3.63, 3.8) is 0 Å². The molecule has 1 unspecified atom stereocenters. The molecule has 0 aromatic heterocycles. The lowest BCUT2D eigenvalue weighted by atomic mass is 10.0. The molecule has 2 N–H and O–H groups in total. The second kappa shape index (κ2) is 8.55. The van der Waals surface area contributed by atoms with Crippen LogP contribution in [0, 0.1) is 0 Å². The van der Waals surface area contributed by atoms with Gasteiger partial charge in [-0.05, 0) is 66.1 Å². The Bertz CT molecular complexity index is 899. The first-order valence-corrected chi connectivity index (χ1v) is 9.98. The number of nitrogens with zero attached hydrogens (tertiary/aromatic N) is 1. The van der Waals surface area contributed by atoms with Gasteiger partial charge in [0.05, 0.1) is 0 Å². The number of fused-ring (bicyclic) bond motifs is 1. The summed E-state index contributed by atoms with van der Waals surface area (Å²) in [7, 11) is 0. The van der Waals surface area contributed by atoms with Gasteiger partial charge in [-0.1, -0.05) is 54.6 Å². The van der Waals surface area contributed by atoms with Crippen LogP contribution in [0.4, 0.5) is 0 Å². The molecular formula is C24H26N2O2. The summed E-state index contributed by atoms with van der Waals surface area (Å²) in [5.74, 6) is -0.520. The number of carbonyl (C=O) groups excluding carboxylic acids is 1. The molecule has 1 amide bonds. The Labute approximate surface area is 166 Å². The zero-order valence-electron chi connectivity index (χ0n) is 16.0. The van der Waals surface area contributed by atoms with Crippen molar-refractivity contribution in [2.24, 2.45) is 0 Å². The highest BCUT2D eigenvalue weighted by atomic mass is 16.5. The number of hydrogen-bond donors (Lipinski definition) is 2. The van der Waals surface area contributed by atoms with E-state index in [0.717, 1.165) is 31.5 Å². The minimum absolute atomic E-state index is 0.469. The summed E-state index contributed by atoms with van der Waals surface area (Å²) < 4.78 is 0. The Hall–Kier alpha value is -2.69. The van der Waals surface area contributed by atoms with Gasteiger partial charge in [0, 0.05) is 18.7 Å². The lowest BCUT2D eigenvalue weighted by molar-refractivity contribution is -0.124. The number of hydrogen-bond acceptors (Lipinski definition) is 3. The average molecular weight is 374 g/mol. The van der Waals surface area contributed by atoms with Crippen molar-refractivity contribution in [3.8, 4) is 0 Å². The highest BCUT2D eigenvalue weighted by Crippen LogP contribution is 2.35. The Morgan fingerprint density at radius 1 is 1.18 bits per heavy atom. The van der Waals surface area contributed by atoms with E-state index < -0.39 is 5.91 Å². The van der Waals surface area contributed by atoms with Crippen LogP contribution in [0.25, 0.3) is 11.6 Å². The van der Waals surface area contributed by atoms with Gasteiger partial charge in [0.2, 0.25) is 0 Å². The van der Waals surface area contributed by atoms with E-state index in [-0.39, 0.29) is 0 Å². The third-order valence-corrected chi connectivity index (χ3v) is 5.82. The summed E-state index contributed by atoms with van der Waals surface area (Å²) in [6, 6.07) is 17.6. The summed E-state index contributed by atoms with van der Waals surface area (Å²) in [4.78, 5) is 13.7. The number of hydroxylamine groups is 1. The average Bonchev–Trinajstić information content (AvgIpc) is 3.37. The second-order valence-electron chi connectivity index (χ2n) is 7.51. The topological polar surface area (TPSA) is 52.6 Å². The third kappa shape index (κ3) is 4.08. The van der Waals surface area contributed by atoms with E-state index in [4.69, 9.17) is 5.21 Å². The standard InChI is InChI=1S/C24H26N2O2/c27-24(25-28)14-9-18-7-10-21(11-8-18)23-6-3-16-26(23)17-15-20-13-12-19-4-1-2-5-22(19)20/h1-2,4-5,7-11,13-14,23,28H,3,6,12,15-17H2,(H,25,27)/b14-9+. The molecule has 2 aromatic rings. The molecule has 144 valence electrons. The smallest absolute Gasteiger partial charge is 0.267 e. The van der Waals surface area contributed by atoms with Gasteiger partial charge < -0.3 is 0 Å². The van der Waals surface area contributed by atoms with Crippen LogP contribution >= 0.6 is 0 Å².